The monoisotopic (exact) mass is 257 g/mol. The van der Waals surface area contributed by atoms with E-state index in [1.54, 1.807) is 0 Å². The molecule has 1 aliphatic rings. The molecule has 2 N–H and O–H groups in total. The van der Waals surface area contributed by atoms with Crippen molar-refractivity contribution in [3.63, 3.8) is 0 Å². The predicted molar refractivity (Wildman–Crippen MR) is 63.8 cm³/mol. The van der Waals surface area contributed by atoms with Gasteiger partial charge in [0, 0.05) is 11.6 Å². The molecule has 0 saturated heterocycles. The topological polar surface area (TPSA) is 49.3 Å². The van der Waals surface area contributed by atoms with Crippen molar-refractivity contribution in [2.24, 2.45) is 5.41 Å². The van der Waals surface area contributed by atoms with Crippen LogP contribution in [0.4, 0.5) is 10.1 Å². The van der Waals surface area contributed by atoms with Gasteiger partial charge in [0.15, 0.2) is 0 Å². The molecule has 0 aliphatic heterocycles. The van der Waals surface area contributed by atoms with Gasteiger partial charge in [0.25, 0.3) is 0 Å². The van der Waals surface area contributed by atoms with Crippen molar-refractivity contribution in [1.29, 1.82) is 0 Å². The van der Waals surface area contributed by atoms with E-state index in [0.717, 1.165) is 6.42 Å². The minimum atomic E-state index is -0.821. The zero-order chi connectivity index (χ0) is 12.5. The molecule has 1 saturated carbocycles. The van der Waals surface area contributed by atoms with Crippen LogP contribution in [0.25, 0.3) is 0 Å². The number of carboxylic acids is 1. The third-order valence-electron chi connectivity index (χ3n) is 3.31. The lowest BCUT2D eigenvalue weighted by atomic mass is 9.69. The molecular weight excluding hydrogens is 245 g/mol. The molecular formula is C12H13ClFNO2. The molecule has 2 rings (SSSR count). The minimum Gasteiger partial charge on any atom is -0.481 e. The third-order valence-corrected chi connectivity index (χ3v) is 3.55. The first-order valence-electron chi connectivity index (χ1n) is 5.46. The molecule has 0 atom stereocenters. The molecule has 1 aliphatic carbocycles. The molecule has 0 spiro atoms. The van der Waals surface area contributed by atoms with E-state index in [1.807, 2.05) is 0 Å². The highest BCUT2D eigenvalue weighted by Gasteiger charge is 2.44. The first-order chi connectivity index (χ1) is 8.03. The van der Waals surface area contributed by atoms with Crippen LogP contribution in [0.1, 0.15) is 19.3 Å². The molecule has 5 heteroatoms. The number of halogens is 2. The van der Waals surface area contributed by atoms with Gasteiger partial charge in [-0.1, -0.05) is 18.0 Å². The fraction of sp³-hybridized carbons (Fsp3) is 0.417. The van der Waals surface area contributed by atoms with E-state index in [4.69, 9.17) is 16.7 Å². The van der Waals surface area contributed by atoms with Crippen LogP contribution in [0.5, 0.6) is 0 Å². The molecule has 92 valence electrons. The second-order valence-corrected chi connectivity index (χ2v) is 4.85. The minimum absolute atomic E-state index is 0.236. The summed E-state index contributed by atoms with van der Waals surface area (Å²) in [5, 5.41) is 12.4. The number of hydrogen-bond acceptors (Lipinski definition) is 2. The van der Waals surface area contributed by atoms with Gasteiger partial charge in [0.1, 0.15) is 5.82 Å². The summed E-state index contributed by atoms with van der Waals surface area (Å²) in [6.07, 6.45) is 2.18. The average molecular weight is 258 g/mol. The van der Waals surface area contributed by atoms with Gasteiger partial charge < -0.3 is 10.4 Å². The number of nitrogens with one attached hydrogen (secondary N) is 1. The summed E-state index contributed by atoms with van der Waals surface area (Å²) in [7, 11) is 0. The van der Waals surface area contributed by atoms with Crippen LogP contribution in [0.3, 0.4) is 0 Å². The lowest BCUT2D eigenvalue weighted by Crippen LogP contribution is -2.43. The molecule has 1 aromatic rings. The lowest BCUT2D eigenvalue weighted by Gasteiger charge is -2.37. The van der Waals surface area contributed by atoms with E-state index in [1.165, 1.54) is 18.2 Å². The highest BCUT2D eigenvalue weighted by atomic mass is 35.5. The Kier molecular flexibility index (Phi) is 3.24. The maximum atomic E-state index is 13.4. The number of benzene rings is 1. The molecule has 3 nitrogen and oxygen atoms in total. The maximum Gasteiger partial charge on any atom is 0.311 e. The summed E-state index contributed by atoms with van der Waals surface area (Å²) in [5.74, 6) is -1.24. The van der Waals surface area contributed by atoms with E-state index in [-0.39, 0.29) is 12.2 Å². The number of anilines is 1. The Hall–Kier alpha value is -1.29. The lowest BCUT2D eigenvalue weighted by molar-refractivity contribution is -0.153. The molecule has 0 unspecified atom stereocenters. The fourth-order valence-electron chi connectivity index (χ4n) is 1.97. The van der Waals surface area contributed by atoms with Crippen LogP contribution < -0.4 is 5.32 Å². The van der Waals surface area contributed by atoms with E-state index in [0.29, 0.717) is 17.9 Å². The smallest absolute Gasteiger partial charge is 0.311 e. The number of hydrogen-bond donors (Lipinski definition) is 2. The van der Waals surface area contributed by atoms with E-state index >= 15 is 0 Å². The number of carboxylic acid groups (broad SMARTS) is 1. The summed E-state index contributed by atoms with van der Waals surface area (Å²) in [6, 6.07) is 4.18. The largest absolute Gasteiger partial charge is 0.481 e. The van der Waals surface area contributed by atoms with Crippen molar-refractivity contribution in [3.8, 4) is 0 Å². The molecule has 0 heterocycles. The molecule has 0 amide bonds. The second-order valence-electron chi connectivity index (χ2n) is 4.42. The Bertz CT molecular complexity index is 446. The van der Waals surface area contributed by atoms with Gasteiger partial charge in [-0.15, -0.1) is 0 Å². The van der Waals surface area contributed by atoms with Crippen LogP contribution in [0.2, 0.25) is 5.02 Å². The number of rotatable bonds is 4. The highest BCUT2D eigenvalue weighted by molar-refractivity contribution is 6.30. The summed E-state index contributed by atoms with van der Waals surface area (Å²) in [5.41, 5.74) is -0.487. The van der Waals surface area contributed by atoms with Gasteiger partial charge >= 0.3 is 5.97 Å². The van der Waals surface area contributed by atoms with Crippen LogP contribution in [0, 0.1) is 11.2 Å². The van der Waals surface area contributed by atoms with Crippen LogP contribution in [-0.4, -0.2) is 17.6 Å². The van der Waals surface area contributed by atoms with Crippen molar-refractivity contribution in [2.75, 3.05) is 11.9 Å². The van der Waals surface area contributed by atoms with E-state index < -0.39 is 17.2 Å². The Morgan fingerprint density at radius 1 is 1.53 bits per heavy atom. The first kappa shape index (κ1) is 12.2. The first-order valence-corrected chi connectivity index (χ1v) is 5.84. The van der Waals surface area contributed by atoms with Gasteiger partial charge in [0.2, 0.25) is 0 Å². The summed E-state index contributed by atoms with van der Waals surface area (Å²) < 4.78 is 13.4. The van der Waals surface area contributed by atoms with Gasteiger partial charge in [-0.25, -0.2) is 4.39 Å². The number of aliphatic carboxylic acids is 1. The Morgan fingerprint density at radius 2 is 2.24 bits per heavy atom. The number of carbonyl (C=O) groups is 1. The Morgan fingerprint density at radius 3 is 2.76 bits per heavy atom. The molecule has 1 fully saturated rings. The maximum absolute atomic E-state index is 13.4. The van der Waals surface area contributed by atoms with Crippen LogP contribution >= 0.6 is 11.6 Å². The highest BCUT2D eigenvalue weighted by Crippen LogP contribution is 2.41. The fourth-order valence-corrected chi connectivity index (χ4v) is 2.14. The standard InChI is InChI=1S/C12H13ClFNO2/c13-8-2-3-9(14)10(6-8)15-7-12(11(16)17)4-1-5-12/h2-3,6,15H,1,4-5,7H2,(H,16,17). The van der Waals surface area contributed by atoms with Crippen LogP contribution in [0.15, 0.2) is 18.2 Å². The van der Waals surface area contributed by atoms with Gasteiger partial charge in [-0.05, 0) is 31.0 Å². The summed E-state index contributed by atoms with van der Waals surface area (Å²) in [4.78, 5) is 11.1. The molecule has 17 heavy (non-hydrogen) atoms. The quantitative estimate of drug-likeness (QED) is 0.871. The molecule has 1 aromatic carbocycles. The molecule has 0 radical (unpaired) electrons. The van der Waals surface area contributed by atoms with Crippen molar-refractivity contribution >= 4 is 23.3 Å². The Balaban J connectivity index is 2.07. The molecule has 0 bridgehead atoms. The zero-order valence-electron chi connectivity index (χ0n) is 9.17. The third kappa shape index (κ3) is 2.36. The van der Waals surface area contributed by atoms with E-state index in [2.05, 4.69) is 5.32 Å². The Labute approximate surface area is 104 Å². The van der Waals surface area contributed by atoms with E-state index in [9.17, 15) is 9.18 Å². The van der Waals surface area contributed by atoms with Crippen molar-refractivity contribution in [1.82, 2.24) is 0 Å². The summed E-state index contributed by atoms with van der Waals surface area (Å²) >= 11 is 5.75. The zero-order valence-corrected chi connectivity index (χ0v) is 9.93. The normalized spacial score (nSPS) is 17.3. The summed E-state index contributed by atoms with van der Waals surface area (Å²) in [6.45, 7) is 0.236. The SMILES string of the molecule is O=C(O)C1(CNc2cc(Cl)ccc2F)CCC1. The molecule has 0 aromatic heterocycles. The second kappa shape index (κ2) is 4.53. The van der Waals surface area contributed by atoms with Crippen molar-refractivity contribution < 1.29 is 14.3 Å². The van der Waals surface area contributed by atoms with Gasteiger partial charge in [0.05, 0.1) is 11.1 Å². The van der Waals surface area contributed by atoms with Gasteiger partial charge in [-0.2, -0.15) is 0 Å². The van der Waals surface area contributed by atoms with Crippen molar-refractivity contribution in [2.45, 2.75) is 19.3 Å². The van der Waals surface area contributed by atoms with Gasteiger partial charge in [-0.3, -0.25) is 4.79 Å². The van der Waals surface area contributed by atoms with Crippen LogP contribution in [-0.2, 0) is 4.79 Å². The predicted octanol–water partition coefficient (Wildman–Crippen LogP) is 3.15. The van der Waals surface area contributed by atoms with Crippen molar-refractivity contribution in [3.05, 3.63) is 29.0 Å². The average Bonchev–Trinajstić information content (AvgIpc) is 2.21.